The first-order valence-corrected chi connectivity index (χ1v) is 15.6. The Balaban J connectivity index is 4.82. The third-order valence-corrected chi connectivity index (χ3v) is 13.6. The van der Waals surface area contributed by atoms with Crippen LogP contribution in [0, 0.1) is 0 Å². The second kappa shape index (κ2) is 14.5. The molecule has 0 aromatic carbocycles. The van der Waals surface area contributed by atoms with E-state index < -0.39 is 28.5 Å². The van der Waals surface area contributed by atoms with E-state index in [9.17, 15) is 0 Å². The zero-order chi connectivity index (χ0) is 17.6. The normalized spacial score (nSPS) is 13.8. The van der Waals surface area contributed by atoms with Crippen molar-refractivity contribution >= 4 is 50.5 Å². The van der Waals surface area contributed by atoms with Crippen LogP contribution in [0.3, 0.4) is 0 Å². The molecule has 0 fully saturated rings. The Labute approximate surface area is 158 Å². The molecule has 0 rings (SSSR count). The molecule has 0 saturated heterocycles. The molecule has 0 N–H and O–H groups in total. The highest BCUT2D eigenvalue weighted by atomic mass is 33.5. The molecule has 0 amide bonds. The molecule has 0 aliphatic rings. The maximum Gasteiger partial charge on any atom is 0.200 e. The lowest BCUT2D eigenvalue weighted by molar-refractivity contribution is -0.109. The summed E-state index contributed by atoms with van der Waals surface area (Å²) in [6, 6.07) is 2.31. The minimum atomic E-state index is -0.478. The van der Waals surface area contributed by atoms with Gasteiger partial charge in [0.05, 0.1) is 0 Å². The Morgan fingerprint density at radius 1 is 0.609 bits per heavy atom. The summed E-state index contributed by atoms with van der Waals surface area (Å²) in [7, 11) is 4.17. The molecule has 9 heteroatoms. The van der Waals surface area contributed by atoms with Gasteiger partial charge in [0.2, 0.25) is 9.48 Å². The van der Waals surface area contributed by atoms with Gasteiger partial charge in [-0.25, -0.2) is 0 Å². The summed E-state index contributed by atoms with van der Waals surface area (Å²) in [5, 5.41) is 0. The SMILES string of the molecule is CCOC(OCC)([SiH2]CC)SSSC(OCC)(OCC)[SiH2]CC. The molecule has 0 aromatic rings. The van der Waals surface area contributed by atoms with Crippen molar-refractivity contribution in [3.63, 3.8) is 0 Å². The first-order valence-electron chi connectivity index (χ1n) is 8.66. The molecule has 4 nitrogen and oxygen atoms in total. The average Bonchev–Trinajstić information content (AvgIpc) is 2.49. The summed E-state index contributed by atoms with van der Waals surface area (Å²) >= 11 is 0. The fraction of sp³-hybridized carbons (Fsp3) is 1.00. The van der Waals surface area contributed by atoms with Crippen molar-refractivity contribution in [3.8, 4) is 0 Å². The van der Waals surface area contributed by atoms with Gasteiger partial charge in [-0.15, -0.1) is 0 Å². The van der Waals surface area contributed by atoms with Crippen molar-refractivity contribution in [3.05, 3.63) is 0 Å². The fourth-order valence-electron chi connectivity index (χ4n) is 2.16. The Bertz CT molecular complexity index is 229. The van der Waals surface area contributed by atoms with Gasteiger partial charge in [0.15, 0.2) is 0 Å². The van der Waals surface area contributed by atoms with Crippen LogP contribution in [-0.2, 0) is 18.9 Å². The quantitative estimate of drug-likeness (QED) is 0.215. The number of hydrogen-bond donors (Lipinski definition) is 0. The predicted octanol–water partition coefficient (Wildman–Crippen LogP) is 3.60. The lowest BCUT2D eigenvalue weighted by Gasteiger charge is -2.34. The summed E-state index contributed by atoms with van der Waals surface area (Å²) in [6.07, 6.45) is 0. The molecule has 0 atom stereocenters. The van der Waals surface area contributed by atoms with E-state index in [0.29, 0.717) is 26.4 Å². The van der Waals surface area contributed by atoms with Crippen LogP contribution in [0.1, 0.15) is 41.5 Å². The molecule has 0 heterocycles. The van der Waals surface area contributed by atoms with Crippen LogP contribution in [0.15, 0.2) is 0 Å². The number of ether oxygens (including phenoxy) is 4. The highest BCUT2D eigenvalue weighted by Crippen LogP contribution is 2.50. The molecule has 0 aliphatic heterocycles. The molecule has 0 aromatic heterocycles. The highest BCUT2D eigenvalue weighted by molar-refractivity contribution is 9.10. The van der Waals surface area contributed by atoms with Crippen LogP contribution in [-0.4, -0.2) is 55.0 Å². The Morgan fingerprint density at radius 2 is 0.913 bits per heavy atom. The van der Waals surface area contributed by atoms with Gasteiger partial charge in [0.1, 0.15) is 19.0 Å². The van der Waals surface area contributed by atoms with E-state index in [4.69, 9.17) is 18.9 Å². The first kappa shape index (κ1) is 24.3. The molecule has 0 aliphatic carbocycles. The second-order valence-electron chi connectivity index (χ2n) is 4.83. The van der Waals surface area contributed by atoms with Crippen molar-refractivity contribution in [2.75, 3.05) is 26.4 Å². The lowest BCUT2D eigenvalue weighted by Crippen LogP contribution is -2.39. The summed E-state index contributed by atoms with van der Waals surface area (Å²) in [4.78, 5) is 0. The Kier molecular flexibility index (Phi) is 15.3. The van der Waals surface area contributed by atoms with Crippen molar-refractivity contribution in [1.29, 1.82) is 0 Å². The molecule has 23 heavy (non-hydrogen) atoms. The van der Waals surface area contributed by atoms with E-state index in [1.54, 1.807) is 31.4 Å². The lowest BCUT2D eigenvalue weighted by atomic mass is 10.8. The van der Waals surface area contributed by atoms with Crippen LogP contribution in [0.4, 0.5) is 0 Å². The smallest absolute Gasteiger partial charge is 0.200 e. The minimum absolute atomic E-state index is 0.437. The van der Waals surface area contributed by atoms with Gasteiger partial charge in [-0.1, -0.05) is 25.9 Å². The van der Waals surface area contributed by atoms with E-state index in [1.807, 2.05) is 27.7 Å². The van der Waals surface area contributed by atoms with Gasteiger partial charge >= 0.3 is 0 Å². The average molecular weight is 419 g/mol. The van der Waals surface area contributed by atoms with Crippen LogP contribution in [0.5, 0.6) is 0 Å². The van der Waals surface area contributed by atoms with E-state index >= 15 is 0 Å². The standard InChI is InChI=1S/C14H34O4S3Si2/c1-7-15-13(16-8-2,22-11-5)19-21-20-14(17-9-3,18-10-4)23-12-6/h7-12,22-23H2,1-6H3. The Hall–Kier alpha value is 1.32. The zero-order valence-corrected chi connectivity index (χ0v) is 20.8. The summed E-state index contributed by atoms with van der Waals surface area (Å²) in [6.45, 7) is 15.3. The molecular formula is C14H34O4S3Si2. The van der Waals surface area contributed by atoms with Gasteiger partial charge in [-0.3, -0.25) is 0 Å². The van der Waals surface area contributed by atoms with Gasteiger partial charge in [-0.05, 0) is 59.1 Å². The van der Waals surface area contributed by atoms with E-state index in [2.05, 4.69) is 13.8 Å². The number of rotatable bonds is 16. The summed E-state index contributed by atoms with van der Waals surface area (Å²) in [5.41, 5.74) is 0. The largest absolute Gasteiger partial charge is 0.345 e. The van der Waals surface area contributed by atoms with Crippen LogP contribution in [0.2, 0.25) is 12.1 Å². The highest BCUT2D eigenvalue weighted by Gasteiger charge is 2.36. The van der Waals surface area contributed by atoms with E-state index in [1.165, 1.54) is 0 Å². The van der Waals surface area contributed by atoms with Gasteiger partial charge < -0.3 is 18.9 Å². The van der Waals surface area contributed by atoms with Gasteiger partial charge in [-0.2, -0.15) is 0 Å². The fourth-order valence-corrected chi connectivity index (χ4v) is 15.2. The van der Waals surface area contributed by atoms with Crippen LogP contribution < -0.4 is 0 Å². The molecular weight excluding hydrogens is 385 g/mol. The first-order chi connectivity index (χ1) is 11.1. The van der Waals surface area contributed by atoms with E-state index in [-0.39, 0.29) is 0 Å². The summed E-state index contributed by atoms with van der Waals surface area (Å²) < 4.78 is 23.1. The van der Waals surface area contributed by atoms with Crippen LogP contribution >= 0.6 is 31.4 Å². The third-order valence-electron chi connectivity index (χ3n) is 2.89. The van der Waals surface area contributed by atoms with Gasteiger partial charge in [0, 0.05) is 26.4 Å². The van der Waals surface area contributed by atoms with Crippen molar-refractivity contribution < 1.29 is 18.9 Å². The van der Waals surface area contributed by atoms with E-state index in [0.717, 1.165) is 12.1 Å². The van der Waals surface area contributed by atoms with Crippen LogP contribution in [0.25, 0.3) is 0 Å². The third kappa shape index (κ3) is 9.55. The summed E-state index contributed by atoms with van der Waals surface area (Å²) in [5.74, 6) is 0. The molecule has 0 spiro atoms. The van der Waals surface area contributed by atoms with Crippen molar-refractivity contribution in [1.82, 2.24) is 0 Å². The molecule has 140 valence electrons. The van der Waals surface area contributed by atoms with Gasteiger partial charge in [0.25, 0.3) is 0 Å². The zero-order valence-electron chi connectivity index (χ0n) is 15.5. The van der Waals surface area contributed by atoms with Crippen molar-refractivity contribution in [2.24, 2.45) is 0 Å². The Morgan fingerprint density at radius 3 is 1.13 bits per heavy atom. The van der Waals surface area contributed by atoms with Crippen molar-refractivity contribution in [2.45, 2.75) is 63.1 Å². The second-order valence-corrected chi connectivity index (χ2v) is 15.1. The molecule has 0 unspecified atom stereocenters. The topological polar surface area (TPSA) is 36.9 Å². The maximum atomic E-state index is 6.00. The monoisotopic (exact) mass is 418 g/mol. The molecule has 0 bridgehead atoms. The predicted molar refractivity (Wildman–Crippen MR) is 113 cm³/mol. The maximum absolute atomic E-state index is 6.00. The minimum Gasteiger partial charge on any atom is -0.345 e. The molecule has 0 saturated carbocycles. The number of hydrogen-bond acceptors (Lipinski definition) is 7. The molecule has 0 radical (unpaired) electrons.